The third-order valence-electron chi connectivity index (χ3n) is 4.29. The van der Waals surface area contributed by atoms with E-state index in [-0.39, 0.29) is 4.90 Å². The van der Waals surface area contributed by atoms with E-state index >= 15 is 0 Å². The van der Waals surface area contributed by atoms with Crippen LogP contribution in [0.4, 0.5) is 8.78 Å². The molecule has 0 aliphatic carbocycles. The fraction of sp³-hybridized carbons (Fsp3) is 0.176. The van der Waals surface area contributed by atoms with Gasteiger partial charge in [0.05, 0.1) is 10.4 Å². The first kappa shape index (κ1) is 15.3. The molecule has 4 rings (SSSR count). The standard InChI is InChI=1S/C17H14F2N2O2S/c18-14-5-4-13(8-15(14)19)24(22,23)21-10-12-6-7-20-9-11-2-1-3-16(21)17(11)12/h1-5,8,10,20H,6-7,9H2. The number of halogens is 2. The molecule has 1 aromatic heterocycles. The molecule has 1 aliphatic heterocycles. The van der Waals surface area contributed by atoms with Gasteiger partial charge in [-0.3, -0.25) is 0 Å². The van der Waals surface area contributed by atoms with Crippen LogP contribution in [-0.2, 0) is 23.0 Å². The van der Waals surface area contributed by atoms with Crippen LogP contribution in [0.1, 0.15) is 11.1 Å². The summed E-state index contributed by atoms with van der Waals surface area (Å²) in [6, 6.07) is 8.10. The lowest BCUT2D eigenvalue weighted by molar-refractivity contribution is 0.504. The Morgan fingerprint density at radius 3 is 2.67 bits per heavy atom. The second kappa shape index (κ2) is 5.39. The molecule has 124 valence electrons. The van der Waals surface area contributed by atoms with Crippen molar-refractivity contribution in [1.29, 1.82) is 0 Å². The SMILES string of the molecule is O=S(=O)(c1ccc(F)c(F)c1)n1cc2c3c(cccc31)CNCC2. The Morgan fingerprint density at radius 2 is 1.88 bits per heavy atom. The van der Waals surface area contributed by atoms with Crippen LogP contribution in [0.2, 0.25) is 0 Å². The average molecular weight is 348 g/mol. The molecule has 0 amide bonds. The van der Waals surface area contributed by atoms with Crippen molar-refractivity contribution in [2.24, 2.45) is 0 Å². The lowest BCUT2D eigenvalue weighted by Gasteiger charge is -2.09. The number of aromatic nitrogens is 1. The van der Waals surface area contributed by atoms with E-state index in [2.05, 4.69) is 5.32 Å². The zero-order valence-corrected chi connectivity index (χ0v) is 13.4. The Morgan fingerprint density at radius 1 is 1.04 bits per heavy atom. The summed E-state index contributed by atoms with van der Waals surface area (Å²) >= 11 is 0. The van der Waals surface area contributed by atoms with Crippen molar-refractivity contribution in [3.8, 4) is 0 Å². The molecule has 0 unspecified atom stereocenters. The lowest BCUT2D eigenvalue weighted by Crippen LogP contribution is -2.15. The van der Waals surface area contributed by atoms with Crippen molar-refractivity contribution in [1.82, 2.24) is 9.29 Å². The summed E-state index contributed by atoms with van der Waals surface area (Å²) in [6.07, 6.45) is 2.28. The predicted molar refractivity (Wildman–Crippen MR) is 86.3 cm³/mol. The Hall–Kier alpha value is -2.25. The van der Waals surface area contributed by atoms with Crippen LogP contribution >= 0.6 is 0 Å². The van der Waals surface area contributed by atoms with E-state index in [0.29, 0.717) is 24.5 Å². The summed E-state index contributed by atoms with van der Waals surface area (Å²) in [6.45, 7) is 1.42. The first-order chi connectivity index (χ1) is 11.5. The highest BCUT2D eigenvalue weighted by molar-refractivity contribution is 7.90. The highest BCUT2D eigenvalue weighted by Crippen LogP contribution is 2.30. The second-order valence-electron chi connectivity index (χ2n) is 5.77. The van der Waals surface area contributed by atoms with Gasteiger partial charge in [-0.15, -0.1) is 0 Å². The van der Waals surface area contributed by atoms with Gasteiger partial charge < -0.3 is 5.32 Å². The zero-order chi connectivity index (χ0) is 16.9. The molecule has 1 aliphatic rings. The predicted octanol–water partition coefficient (Wildman–Crippen LogP) is 2.80. The van der Waals surface area contributed by atoms with Gasteiger partial charge in [-0.2, -0.15) is 0 Å². The number of rotatable bonds is 2. The first-order valence-electron chi connectivity index (χ1n) is 7.51. The number of hydrogen-bond acceptors (Lipinski definition) is 3. The molecule has 0 atom stereocenters. The normalized spacial score (nSPS) is 14.8. The molecular formula is C17H14F2N2O2S. The van der Waals surface area contributed by atoms with Gasteiger partial charge in [0, 0.05) is 18.1 Å². The largest absolute Gasteiger partial charge is 0.312 e. The van der Waals surface area contributed by atoms with Crippen LogP contribution in [-0.4, -0.2) is 18.9 Å². The highest BCUT2D eigenvalue weighted by Gasteiger charge is 2.24. The molecule has 2 aromatic carbocycles. The third kappa shape index (κ3) is 2.23. The van der Waals surface area contributed by atoms with E-state index < -0.39 is 21.7 Å². The summed E-state index contributed by atoms with van der Waals surface area (Å²) < 4.78 is 53.6. The zero-order valence-electron chi connectivity index (χ0n) is 12.6. The minimum atomic E-state index is -4.01. The molecule has 0 bridgehead atoms. The summed E-state index contributed by atoms with van der Waals surface area (Å²) in [5.74, 6) is -2.26. The van der Waals surface area contributed by atoms with Crippen LogP contribution in [0.15, 0.2) is 47.5 Å². The number of nitrogens with zero attached hydrogens (tertiary/aromatic N) is 1. The molecule has 0 saturated heterocycles. The van der Waals surface area contributed by atoms with Gasteiger partial charge in [0.15, 0.2) is 11.6 Å². The summed E-state index contributed by atoms with van der Waals surface area (Å²) in [7, 11) is -4.01. The van der Waals surface area contributed by atoms with E-state index in [1.54, 1.807) is 18.3 Å². The van der Waals surface area contributed by atoms with Gasteiger partial charge in [-0.25, -0.2) is 21.2 Å². The van der Waals surface area contributed by atoms with Crippen LogP contribution < -0.4 is 5.32 Å². The van der Waals surface area contributed by atoms with Crippen molar-refractivity contribution in [3.63, 3.8) is 0 Å². The quantitative estimate of drug-likeness (QED) is 0.775. The van der Waals surface area contributed by atoms with Crippen molar-refractivity contribution in [3.05, 3.63) is 65.4 Å². The Balaban J connectivity index is 1.98. The maximum absolute atomic E-state index is 13.5. The molecule has 0 fully saturated rings. The van der Waals surface area contributed by atoms with Gasteiger partial charge in [-0.1, -0.05) is 12.1 Å². The molecule has 0 radical (unpaired) electrons. The molecule has 1 N–H and O–H groups in total. The summed E-state index contributed by atoms with van der Waals surface area (Å²) in [4.78, 5) is -0.273. The number of nitrogens with one attached hydrogen (secondary N) is 1. The fourth-order valence-corrected chi connectivity index (χ4v) is 4.55. The Kier molecular flexibility index (Phi) is 3.43. The Bertz CT molecular complexity index is 1060. The summed E-state index contributed by atoms with van der Waals surface area (Å²) in [5, 5.41) is 4.20. The van der Waals surface area contributed by atoms with Crippen molar-refractivity contribution in [2.45, 2.75) is 17.9 Å². The fourth-order valence-electron chi connectivity index (χ4n) is 3.15. The molecule has 24 heavy (non-hydrogen) atoms. The topological polar surface area (TPSA) is 51.1 Å². The number of benzene rings is 2. The van der Waals surface area contributed by atoms with Crippen LogP contribution in [0.5, 0.6) is 0 Å². The van der Waals surface area contributed by atoms with Crippen molar-refractivity contribution >= 4 is 20.9 Å². The van der Waals surface area contributed by atoms with E-state index in [1.165, 1.54) is 3.97 Å². The smallest absolute Gasteiger partial charge is 0.268 e. The van der Waals surface area contributed by atoms with E-state index in [1.807, 2.05) is 6.07 Å². The average Bonchev–Trinajstić information content (AvgIpc) is 2.81. The maximum Gasteiger partial charge on any atom is 0.268 e. The number of hydrogen-bond donors (Lipinski definition) is 1. The maximum atomic E-state index is 13.5. The minimum absolute atomic E-state index is 0.273. The van der Waals surface area contributed by atoms with Gasteiger partial charge >= 0.3 is 0 Å². The van der Waals surface area contributed by atoms with Gasteiger partial charge in [0.2, 0.25) is 0 Å². The van der Waals surface area contributed by atoms with Crippen molar-refractivity contribution in [2.75, 3.05) is 6.54 Å². The minimum Gasteiger partial charge on any atom is -0.312 e. The molecular weight excluding hydrogens is 334 g/mol. The first-order valence-corrected chi connectivity index (χ1v) is 8.95. The van der Waals surface area contributed by atoms with Gasteiger partial charge in [0.1, 0.15) is 0 Å². The lowest BCUT2D eigenvalue weighted by atomic mass is 10.1. The third-order valence-corrected chi connectivity index (χ3v) is 5.96. The molecule has 0 saturated carbocycles. The van der Waals surface area contributed by atoms with Gasteiger partial charge in [-0.05, 0) is 48.4 Å². The molecule has 0 spiro atoms. The molecule has 4 nitrogen and oxygen atoms in total. The van der Waals surface area contributed by atoms with Crippen LogP contribution in [0.25, 0.3) is 10.9 Å². The second-order valence-corrected chi connectivity index (χ2v) is 7.58. The summed E-state index contributed by atoms with van der Waals surface area (Å²) in [5.41, 5.74) is 2.51. The van der Waals surface area contributed by atoms with Crippen LogP contribution in [0.3, 0.4) is 0 Å². The van der Waals surface area contributed by atoms with Crippen molar-refractivity contribution < 1.29 is 17.2 Å². The van der Waals surface area contributed by atoms with E-state index in [0.717, 1.165) is 35.2 Å². The van der Waals surface area contributed by atoms with E-state index in [9.17, 15) is 17.2 Å². The van der Waals surface area contributed by atoms with Crippen LogP contribution in [0, 0.1) is 11.6 Å². The highest BCUT2D eigenvalue weighted by atomic mass is 32.2. The van der Waals surface area contributed by atoms with E-state index in [4.69, 9.17) is 0 Å². The molecule has 3 aromatic rings. The van der Waals surface area contributed by atoms with Gasteiger partial charge in [0.25, 0.3) is 10.0 Å². The monoisotopic (exact) mass is 348 g/mol. The molecule has 7 heteroatoms. The Labute approximate surface area is 137 Å². The molecule has 2 heterocycles.